The second-order valence-corrected chi connectivity index (χ2v) is 6.59. The second-order valence-electron chi connectivity index (χ2n) is 6.59. The van der Waals surface area contributed by atoms with E-state index in [0.29, 0.717) is 32.4 Å². The van der Waals surface area contributed by atoms with Crippen LogP contribution >= 0.6 is 0 Å². The lowest BCUT2D eigenvalue weighted by Crippen LogP contribution is -2.56. The van der Waals surface area contributed by atoms with Crippen LogP contribution in [0.1, 0.15) is 46.5 Å². The van der Waals surface area contributed by atoms with Crippen molar-refractivity contribution in [1.82, 2.24) is 4.90 Å². The van der Waals surface area contributed by atoms with Gasteiger partial charge in [0.1, 0.15) is 11.2 Å². The maximum atomic E-state index is 11.9. The third-order valence-electron chi connectivity index (χ3n) is 3.72. The van der Waals surface area contributed by atoms with Crippen molar-refractivity contribution in [2.75, 3.05) is 13.1 Å². The van der Waals surface area contributed by atoms with Crippen LogP contribution in [0.4, 0.5) is 4.79 Å². The van der Waals surface area contributed by atoms with E-state index in [4.69, 9.17) is 9.47 Å². The zero-order chi connectivity index (χ0) is 15.0. The van der Waals surface area contributed by atoms with Crippen molar-refractivity contribution < 1.29 is 24.2 Å². The van der Waals surface area contributed by atoms with E-state index in [9.17, 15) is 14.7 Å². The first kappa shape index (κ1) is 15.1. The minimum absolute atomic E-state index is 0.249. The fourth-order valence-corrected chi connectivity index (χ4v) is 2.50. The molecule has 1 amide bonds. The van der Waals surface area contributed by atoms with Gasteiger partial charge in [0.25, 0.3) is 0 Å². The Bertz CT molecular complexity index is 397. The Kier molecular flexibility index (Phi) is 3.95. The van der Waals surface area contributed by atoms with Crippen LogP contribution in [0.5, 0.6) is 0 Å². The van der Waals surface area contributed by atoms with Crippen LogP contribution in [0, 0.1) is 0 Å². The molecular formula is C14H22NO5-. The molecule has 0 aromatic heterocycles. The van der Waals surface area contributed by atoms with Gasteiger partial charge in [-0.1, -0.05) is 0 Å². The number of rotatable bonds is 3. The molecule has 1 saturated heterocycles. The summed E-state index contributed by atoms with van der Waals surface area (Å²) in [6.45, 7) is 6.35. The molecule has 114 valence electrons. The summed E-state index contributed by atoms with van der Waals surface area (Å²) in [5.74, 6) is -1.14. The van der Waals surface area contributed by atoms with Gasteiger partial charge in [-0.3, -0.25) is 0 Å². The van der Waals surface area contributed by atoms with Gasteiger partial charge in [0.2, 0.25) is 0 Å². The van der Waals surface area contributed by atoms with Crippen molar-refractivity contribution >= 4 is 12.1 Å². The number of aliphatic carboxylic acids is 1. The first-order valence-electron chi connectivity index (χ1n) is 7.09. The van der Waals surface area contributed by atoms with Crippen molar-refractivity contribution in [1.29, 1.82) is 0 Å². The standard InChI is InChI=1S/C14H23NO5/c1-13(2,3)20-12(18)15-8-5-10(9-15)19-14(11(16)17)6-4-7-14/h10H,4-9H2,1-3H3,(H,16,17)/p-1/t10-/m0/s1. The maximum Gasteiger partial charge on any atom is 0.410 e. The average molecular weight is 284 g/mol. The van der Waals surface area contributed by atoms with E-state index >= 15 is 0 Å². The van der Waals surface area contributed by atoms with Crippen LogP contribution in [0.15, 0.2) is 0 Å². The third kappa shape index (κ3) is 3.23. The summed E-state index contributed by atoms with van der Waals surface area (Å²) < 4.78 is 11.0. The number of hydrogen-bond acceptors (Lipinski definition) is 5. The normalized spacial score (nSPS) is 25.1. The second kappa shape index (κ2) is 5.24. The summed E-state index contributed by atoms with van der Waals surface area (Å²) in [7, 11) is 0. The molecule has 2 aliphatic rings. The van der Waals surface area contributed by atoms with Gasteiger partial charge in [-0.25, -0.2) is 4.79 Å². The van der Waals surface area contributed by atoms with E-state index in [1.807, 2.05) is 20.8 Å². The summed E-state index contributed by atoms with van der Waals surface area (Å²) in [6.07, 6.45) is 1.85. The van der Waals surface area contributed by atoms with Gasteiger partial charge < -0.3 is 24.3 Å². The molecule has 0 bridgehead atoms. The number of ether oxygens (including phenoxy) is 2. The molecule has 6 nitrogen and oxygen atoms in total. The van der Waals surface area contributed by atoms with Crippen molar-refractivity contribution in [3.8, 4) is 0 Å². The number of nitrogens with zero attached hydrogens (tertiary/aromatic N) is 1. The molecule has 20 heavy (non-hydrogen) atoms. The first-order chi connectivity index (χ1) is 9.22. The molecule has 6 heteroatoms. The zero-order valence-corrected chi connectivity index (χ0v) is 12.3. The highest BCUT2D eigenvalue weighted by atomic mass is 16.6. The molecule has 1 heterocycles. The smallest absolute Gasteiger partial charge is 0.410 e. The topological polar surface area (TPSA) is 78.9 Å². The molecule has 2 rings (SSSR count). The lowest BCUT2D eigenvalue weighted by atomic mass is 9.80. The molecule has 1 aliphatic carbocycles. The zero-order valence-electron chi connectivity index (χ0n) is 12.3. The Morgan fingerprint density at radius 1 is 1.30 bits per heavy atom. The van der Waals surface area contributed by atoms with Crippen LogP contribution in [-0.4, -0.2) is 47.4 Å². The molecule has 0 radical (unpaired) electrons. The number of hydrogen-bond donors (Lipinski definition) is 0. The van der Waals surface area contributed by atoms with Crippen molar-refractivity contribution in [2.45, 2.75) is 63.8 Å². The Morgan fingerprint density at radius 2 is 1.95 bits per heavy atom. The molecular weight excluding hydrogens is 262 g/mol. The van der Waals surface area contributed by atoms with E-state index in [0.717, 1.165) is 6.42 Å². The summed E-state index contributed by atoms with van der Waals surface area (Å²) in [4.78, 5) is 24.6. The fourth-order valence-electron chi connectivity index (χ4n) is 2.50. The summed E-state index contributed by atoms with van der Waals surface area (Å²) in [6, 6.07) is 0. The Morgan fingerprint density at radius 3 is 2.40 bits per heavy atom. The van der Waals surface area contributed by atoms with E-state index in [-0.39, 0.29) is 12.2 Å². The van der Waals surface area contributed by atoms with Gasteiger partial charge in [0.15, 0.2) is 0 Å². The van der Waals surface area contributed by atoms with Crippen molar-refractivity contribution in [3.05, 3.63) is 0 Å². The largest absolute Gasteiger partial charge is 0.547 e. The molecule has 0 N–H and O–H groups in total. The summed E-state index contributed by atoms with van der Waals surface area (Å²) in [5.41, 5.74) is -1.66. The van der Waals surface area contributed by atoms with Crippen molar-refractivity contribution in [3.63, 3.8) is 0 Å². The molecule has 2 fully saturated rings. The summed E-state index contributed by atoms with van der Waals surface area (Å²) >= 11 is 0. The third-order valence-corrected chi connectivity index (χ3v) is 3.72. The van der Waals surface area contributed by atoms with Gasteiger partial charge in [0.05, 0.1) is 18.6 Å². The van der Waals surface area contributed by atoms with E-state index in [2.05, 4.69) is 0 Å². The molecule has 1 saturated carbocycles. The molecule has 0 aromatic rings. The van der Waals surface area contributed by atoms with Crippen LogP contribution in [-0.2, 0) is 14.3 Å². The highest BCUT2D eigenvalue weighted by molar-refractivity contribution is 5.76. The van der Waals surface area contributed by atoms with Crippen LogP contribution in [0.3, 0.4) is 0 Å². The molecule has 1 atom stereocenters. The number of carbonyl (C=O) groups excluding carboxylic acids is 2. The molecule has 1 aliphatic heterocycles. The lowest BCUT2D eigenvalue weighted by molar-refractivity contribution is -0.336. The predicted molar refractivity (Wildman–Crippen MR) is 68.9 cm³/mol. The minimum Gasteiger partial charge on any atom is -0.547 e. The Hall–Kier alpha value is -1.30. The van der Waals surface area contributed by atoms with Gasteiger partial charge in [-0.2, -0.15) is 0 Å². The number of likely N-dealkylation sites (tertiary alicyclic amines) is 1. The maximum absolute atomic E-state index is 11.9. The first-order valence-corrected chi connectivity index (χ1v) is 7.09. The van der Waals surface area contributed by atoms with E-state index in [1.165, 1.54) is 0 Å². The van der Waals surface area contributed by atoms with Crippen LogP contribution in [0.2, 0.25) is 0 Å². The van der Waals surface area contributed by atoms with Crippen LogP contribution < -0.4 is 5.11 Å². The number of amides is 1. The molecule has 0 aromatic carbocycles. The van der Waals surface area contributed by atoms with E-state index in [1.54, 1.807) is 4.90 Å². The molecule has 0 unspecified atom stereocenters. The quantitative estimate of drug-likeness (QED) is 0.761. The number of carboxylic acids is 1. The van der Waals surface area contributed by atoms with Gasteiger partial charge >= 0.3 is 6.09 Å². The van der Waals surface area contributed by atoms with Crippen molar-refractivity contribution in [2.24, 2.45) is 0 Å². The Balaban J connectivity index is 1.86. The van der Waals surface area contributed by atoms with Gasteiger partial charge in [0, 0.05) is 6.54 Å². The van der Waals surface area contributed by atoms with E-state index < -0.39 is 17.2 Å². The highest BCUT2D eigenvalue weighted by Crippen LogP contribution is 2.37. The lowest BCUT2D eigenvalue weighted by Gasteiger charge is -2.44. The predicted octanol–water partition coefficient (Wildman–Crippen LogP) is 0.685. The monoisotopic (exact) mass is 284 g/mol. The highest BCUT2D eigenvalue weighted by Gasteiger charge is 2.43. The van der Waals surface area contributed by atoms with Gasteiger partial charge in [-0.15, -0.1) is 0 Å². The number of carboxylic acid groups (broad SMARTS) is 1. The van der Waals surface area contributed by atoms with Gasteiger partial charge in [-0.05, 0) is 46.5 Å². The van der Waals surface area contributed by atoms with Crippen LogP contribution in [0.25, 0.3) is 0 Å². The number of carbonyl (C=O) groups is 2. The minimum atomic E-state index is -1.14. The summed E-state index contributed by atoms with van der Waals surface area (Å²) in [5, 5.41) is 11.2. The average Bonchev–Trinajstić information content (AvgIpc) is 2.68. The Labute approximate surface area is 119 Å². The fraction of sp³-hybridized carbons (Fsp3) is 0.857. The molecule has 0 spiro atoms. The SMILES string of the molecule is CC(C)(C)OC(=O)N1CC[C@H](OC2(C(=O)[O-])CCC2)C1.